The fourth-order valence-corrected chi connectivity index (χ4v) is 5.85. The van der Waals surface area contributed by atoms with E-state index in [4.69, 9.17) is 0 Å². The van der Waals surface area contributed by atoms with Crippen molar-refractivity contribution in [2.75, 3.05) is 26.2 Å². The zero-order valence-electron chi connectivity index (χ0n) is 16.3. The number of nitrogens with zero attached hydrogens (tertiary/aromatic N) is 5. The van der Waals surface area contributed by atoms with Crippen LogP contribution in [0.3, 0.4) is 0 Å². The number of aromatic nitrogens is 4. The number of hydrogen-bond donors (Lipinski definition) is 1. The van der Waals surface area contributed by atoms with Crippen LogP contribution in [0.5, 0.6) is 0 Å². The average molecular weight is 407 g/mol. The van der Waals surface area contributed by atoms with Gasteiger partial charge >= 0.3 is 0 Å². The number of carbonyl (C=O) groups is 1. The van der Waals surface area contributed by atoms with Crippen molar-refractivity contribution in [2.24, 2.45) is 7.05 Å². The molecule has 2 aliphatic rings. The molecule has 0 saturated carbocycles. The van der Waals surface area contributed by atoms with Gasteiger partial charge in [0, 0.05) is 39.1 Å². The zero-order valence-corrected chi connectivity index (χ0v) is 17.1. The molecule has 152 valence electrons. The standard InChI is InChI=1S/C18H26N6O3S/c1-13-16(11-20-22(13)2)28(26,27)24-9-5-6-14(12-24)17-15(10-19-21-17)18(25)23-7-3-4-8-23/h10-11,14H,3-9,12H2,1-2H3,(H,19,21)/t14-/m1/s1. The molecule has 4 rings (SSSR count). The van der Waals surface area contributed by atoms with E-state index in [0.29, 0.717) is 24.3 Å². The molecule has 28 heavy (non-hydrogen) atoms. The Labute approximate surface area is 164 Å². The first kappa shape index (κ1) is 19.1. The number of piperidine rings is 1. The molecular formula is C18H26N6O3S. The minimum absolute atomic E-state index is 0.00988. The maximum atomic E-state index is 13.1. The van der Waals surface area contributed by atoms with Crippen LogP contribution in [0.15, 0.2) is 17.3 Å². The summed E-state index contributed by atoms with van der Waals surface area (Å²) in [5.41, 5.74) is 1.94. The van der Waals surface area contributed by atoms with Gasteiger partial charge in [0.15, 0.2) is 0 Å². The van der Waals surface area contributed by atoms with Crippen molar-refractivity contribution < 1.29 is 13.2 Å². The van der Waals surface area contributed by atoms with Crippen molar-refractivity contribution >= 4 is 15.9 Å². The first-order chi connectivity index (χ1) is 13.4. The van der Waals surface area contributed by atoms with Crippen LogP contribution in [0.4, 0.5) is 0 Å². The smallest absolute Gasteiger partial charge is 0.257 e. The van der Waals surface area contributed by atoms with E-state index in [9.17, 15) is 13.2 Å². The van der Waals surface area contributed by atoms with Gasteiger partial charge in [-0.25, -0.2) is 8.42 Å². The molecule has 1 atom stereocenters. The highest BCUT2D eigenvalue weighted by molar-refractivity contribution is 7.89. The van der Waals surface area contributed by atoms with Crippen molar-refractivity contribution in [3.05, 3.63) is 29.3 Å². The lowest BCUT2D eigenvalue weighted by Crippen LogP contribution is -2.40. The molecule has 2 saturated heterocycles. The van der Waals surface area contributed by atoms with Gasteiger partial charge < -0.3 is 4.90 Å². The summed E-state index contributed by atoms with van der Waals surface area (Å²) in [5, 5.41) is 11.1. The highest BCUT2D eigenvalue weighted by Crippen LogP contribution is 2.32. The second kappa shape index (κ2) is 7.32. The van der Waals surface area contributed by atoms with Gasteiger partial charge in [-0.05, 0) is 32.6 Å². The Morgan fingerprint density at radius 3 is 2.61 bits per heavy atom. The van der Waals surface area contributed by atoms with Crippen LogP contribution in [-0.2, 0) is 17.1 Å². The minimum atomic E-state index is -3.62. The first-order valence-electron chi connectivity index (χ1n) is 9.71. The normalized spacial score (nSPS) is 21.4. The summed E-state index contributed by atoms with van der Waals surface area (Å²) in [6.07, 6.45) is 6.60. The molecule has 0 unspecified atom stereocenters. The number of sulfonamides is 1. The van der Waals surface area contributed by atoms with Gasteiger partial charge in [0.2, 0.25) is 10.0 Å². The molecule has 4 heterocycles. The fourth-order valence-electron chi connectivity index (χ4n) is 4.14. The van der Waals surface area contributed by atoms with Crippen LogP contribution < -0.4 is 0 Å². The lowest BCUT2D eigenvalue weighted by molar-refractivity contribution is 0.0791. The van der Waals surface area contributed by atoms with Gasteiger partial charge in [-0.3, -0.25) is 14.6 Å². The molecule has 10 heteroatoms. The largest absolute Gasteiger partial charge is 0.339 e. The molecule has 2 aromatic heterocycles. The number of H-pyrrole nitrogens is 1. The van der Waals surface area contributed by atoms with E-state index in [0.717, 1.165) is 44.5 Å². The minimum Gasteiger partial charge on any atom is -0.339 e. The SMILES string of the molecule is Cc1c(S(=O)(=O)N2CCC[C@@H](c3[nH]ncc3C(=O)N3CCCC3)C2)cnn1C. The highest BCUT2D eigenvalue weighted by Gasteiger charge is 2.35. The van der Waals surface area contributed by atoms with Gasteiger partial charge in [0.1, 0.15) is 4.90 Å². The number of amides is 1. The molecule has 9 nitrogen and oxygen atoms in total. The predicted octanol–water partition coefficient (Wildman–Crippen LogP) is 1.26. The predicted molar refractivity (Wildman–Crippen MR) is 102 cm³/mol. The van der Waals surface area contributed by atoms with E-state index >= 15 is 0 Å². The Morgan fingerprint density at radius 1 is 1.18 bits per heavy atom. The van der Waals surface area contributed by atoms with Gasteiger partial charge in [0.05, 0.1) is 29.3 Å². The Bertz CT molecular complexity index is 973. The number of rotatable bonds is 4. The summed E-state index contributed by atoms with van der Waals surface area (Å²) >= 11 is 0. The number of aromatic amines is 1. The fraction of sp³-hybridized carbons (Fsp3) is 0.611. The van der Waals surface area contributed by atoms with E-state index < -0.39 is 10.0 Å². The summed E-state index contributed by atoms with van der Waals surface area (Å²) in [6, 6.07) is 0. The Hall–Kier alpha value is -2.20. The van der Waals surface area contributed by atoms with Crippen LogP contribution in [-0.4, -0.2) is 69.7 Å². The van der Waals surface area contributed by atoms with Crippen LogP contribution >= 0.6 is 0 Å². The van der Waals surface area contributed by atoms with Crippen molar-refractivity contribution in [2.45, 2.75) is 43.4 Å². The van der Waals surface area contributed by atoms with E-state index in [1.165, 1.54) is 10.5 Å². The molecule has 1 N–H and O–H groups in total. The van der Waals surface area contributed by atoms with Gasteiger partial charge in [0.25, 0.3) is 5.91 Å². The summed E-state index contributed by atoms with van der Waals surface area (Å²) < 4.78 is 29.3. The van der Waals surface area contributed by atoms with Crippen molar-refractivity contribution in [1.82, 2.24) is 29.2 Å². The number of likely N-dealkylation sites (tertiary alicyclic amines) is 1. The molecule has 0 aliphatic carbocycles. The molecule has 1 amide bonds. The van der Waals surface area contributed by atoms with Crippen LogP contribution in [0.1, 0.15) is 53.3 Å². The lowest BCUT2D eigenvalue weighted by atomic mass is 9.93. The third-order valence-corrected chi connectivity index (χ3v) is 7.86. The number of hydrogen-bond acceptors (Lipinski definition) is 5. The molecule has 0 bridgehead atoms. The number of nitrogens with one attached hydrogen (secondary N) is 1. The van der Waals surface area contributed by atoms with E-state index in [2.05, 4.69) is 15.3 Å². The molecule has 2 aromatic rings. The van der Waals surface area contributed by atoms with Crippen molar-refractivity contribution in [1.29, 1.82) is 0 Å². The maximum absolute atomic E-state index is 13.1. The second-order valence-electron chi connectivity index (χ2n) is 7.62. The maximum Gasteiger partial charge on any atom is 0.257 e. The topological polar surface area (TPSA) is 104 Å². The van der Waals surface area contributed by atoms with Crippen LogP contribution in [0, 0.1) is 6.92 Å². The van der Waals surface area contributed by atoms with Crippen LogP contribution in [0.25, 0.3) is 0 Å². The molecule has 0 radical (unpaired) electrons. The van der Waals surface area contributed by atoms with E-state index in [1.54, 1.807) is 24.9 Å². The van der Waals surface area contributed by atoms with Gasteiger partial charge in [-0.1, -0.05) is 0 Å². The number of aryl methyl sites for hydroxylation is 1. The molecule has 0 spiro atoms. The molecular weight excluding hydrogens is 380 g/mol. The Balaban J connectivity index is 1.57. The van der Waals surface area contributed by atoms with Gasteiger partial charge in [-0.2, -0.15) is 14.5 Å². The first-order valence-corrected chi connectivity index (χ1v) is 11.1. The Morgan fingerprint density at radius 2 is 1.93 bits per heavy atom. The third-order valence-electron chi connectivity index (χ3n) is 5.89. The highest BCUT2D eigenvalue weighted by atomic mass is 32.2. The molecule has 2 fully saturated rings. The second-order valence-corrected chi connectivity index (χ2v) is 9.52. The number of carbonyl (C=O) groups excluding carboxylic acids is 1. The van der Waals surface area contributed by atoms with Crippen molar-refractivity contribution in [3.8, 4) is 0 Å². The van der Waals surface area contributed by atoms with E-state index in [-0.39, 0.29) is 16.7 Å². The molecule has 2 aliphatic heterocycles. The van der Waals surface area contributed by atoms with Crippen molar-refractivity contribution in [3.63, 3.8) is 0 Å². The van der Waals surface area contributed by atoms with Gasteiger partial charge in [-0.15, -0.1) is 0 Å². The monoisotopic (exact) mass is 406 g/mol. The summed E-state index contributed by atoms with van der Waals surface area (Å²) in [6.45, 7) is 4.10. The quantitative estimate of drug-likeness (QED) is 0.823. The average Bonchev–Trinajstić information content (AvgIpc) is 3.43. The Kier molecular flexibility index (Phi) is 5.00. The summed E-state index contributed by atoms with van der Waals surface area (Å²) in [5.74, 6) is -0.0890. The van der Waals surface area contributed by atoms with Crippen LogP contribution in [0.2, 0.25) is 0 Å². The zero-order chi connectivity index (χ0) is 19.9. The lowest BCUT2D eigenvalue weighted by Gasteiger charge is -2.31. The third kappa shape index (κ3) is 3.24. The van der Waals surface area contributed by atoms with E-state index in [1.807, 2.05) is 4.90 Å². The molecule has 0 aromatic carbocycles. The summed E-state index contributed by atoms with van der Waals surface area (Å²) in [7, 11) is -1.89. The summed E-state index contributed by atoms with van der Waals surface area (Å²) in [4.78, 5) is 14.9.